The van der Waals surface area contributed by atoms with Gasteiger partial charge in [-0.2, -0.15) is 0 Å². The zero-order valence-corrected chi connectivity index (χ0v) is 17.8. The molecule has 2 heterocycles. The van der Waals surface area contributed by atoms with Crippen molar-refractivity contribution >= 4 is 28.9 Å². The van der Waals surface area contributed by atoms with E-state index in [1.807, 2.05) is 31.7 Å². The molecule has 27 heavy (non-hydrogen) atoms. The van der Waals surface area contributed by atoms with E-state index < -0.39 is 5.97 Å². The summed E-state index contributed by atoms with van der Waals surface area (Å²) in [4.78, 5) is 28.3. The topological polar surface area (TPSA) is 58.6 Å². The first-order valence-electron chi connectivity index (χ1n) is 9.55. The van der Waals surface area contributed by atoms with Gasteiger partial charge in [-0.25, -0.2) is 4.79 Å². The van der Waals surface area contributed by atoms with Gasteiger partial charge in [-0.05, 0) is 52.5 Å². The molecule has 6 heteroatoms. The Bertz CT molecular complexity index is 737. The smallest absolute Gasteiger partial charge is 0.350 e. The van der Waals surface area contributed by atoms with Gasteiger partial charge in [-0.3, -0.25) is 4.79 Å². The number of amides is 1. The molecule has 1 saturated heterocycles. The van der Waals surface area contributed by atoms with Gasteiger partial charge in [0.25, 0.3) is 0 Å². The highest BCUT2D eigenvalue weighted by Crippen LogP contribution is 2.30. The highest BCUT2D eigenvalue weighted by atomic mass is 32.1. The molecule has 1 aliphatic rings. The predicted octanol–water partition coefficient (Wildman–Crippen LogP) is 4.14. The van der Waals surface area contributed by atoms with E-state index in [1.54, 1.807) is 0 Å². The fourth-order valence-electron chi connectivity index (χ4n) is 2.97. The van der Waals surface area contributed by atoms with Crippen molar-refractivity contribution in [3.05, 3.63) is 15.8 Å². The van der Waals surface area contributed by atoms with E-state index in [0.717, 1.165) is 43.6 Å². The van der Waals surface area contributed by atoms with Crippen LogP contribution in [-0.4, -0.2) is 43.0 Å². The molecule has 5 nitrogen and oxygen atoms in total. The normalized spacial score (nSPS) is 17.7. The maximum Gasteiger partial charge on any atom is 0.350 e. The van der Waals surface area contributed by atoms with Crippen LogP contribution < -0.4 is 5.32 Å². The van der Waals surface area contributed by atoms with Gasteiger partial charge in [-0.15, -0.1) is 11.3 Å². The summed E-state index contributed by atoms with van der Waals surface area (Å²) in [5, 5.41) is 3.31. The van der Waals surface area contributed by atoms with Crippen LogP contribution in [0.1, 0.15) is 67.9 Å². The van der Waals surface area contributed by atoms with Crippen molar-refractivity contribution in [3.63, 3.8) is 0 Å². The fraction of sp³-hybridized carbons (Fsp3) is 0.619. The summed E-state index contributed by atoms with van der Waals surface area (Å²) in [7, 11) is 1.37. The molecule has 1 N–H and O–H groups in total. The molecule has 1 amide bonds. The molecule has 1 aromatic heterocycles. The van der Waals surface area contributed by atoms with E-state index in [0.29, 0.717) is 10.6 Å². The Morgan fingerprint density at radius 2 is 2.15 bits per heavy atom. The molecule has 0 radical (unpaired) electrons. The number of nitrogens with zero attached hydrogens (tertiary/aromatic N) is 1. The first-order valence-corrected chi connectivity index (χ1v) is 10.4. The zero-order valence-electron chi connectivity index (χ0n) is 17.0. The highest BCUT2D eigenvalue weighted by molar-refractivity contribution is 7.15. The zero-order chi connectivity index (χ0) is 20.0. The summed E-state index contributed by atoms with van der Waals surface area (Å²) in [6.07, 6.45) is 3.70. The molecule has 0 aliphatic carbocycles. The predicted molar refractivity (Wildman–Crippen MR) is 110 cm³/mol. The molecule has 1 atom stereocenters. The van der Waals surface area contributed by atoms with Crippen LogP contribution in [0.2, 0.25) is 0 Å². The van der Waals surface area contributed by atoms with Gasteiger partial charge in [0.15, 0.2) is 0 Å². The lowest BCUT2D eigenvalue weighted by Gasteiger charge is -2.25. The van der Waals surface area contributed by atoms with Crippen LogP contribution in [0.15, 0.2) is 6.07 Å². The number of anilines is 1. The second kappa shape index (κ2) is 9.27. The van der Waals surface area contributed by atoms with Crippen LogP contribution in [0.3, 0.4) is 0 Å². The van der Waals surface area contributed by atoms with Crippen LogP contribution in [0.25, 0.3) is 0 Å². The molecular weight excluding hydrogens is 360 g/mol. The number of methoxy groups -OCH3 is 1. The van der Waals surface area contributed by atoms with Crippen molar-refractivity contribution < 1.29 is 14.3 Å². The van der Waals surface area contributed by atoms with E-state index in [1.165, 1.54) is 18.4 Å². The van der Waals surface area contributed by atoms with E-state index in [2.05, 4.69) is 24.1 Å². The third kappa shape index (κ3) is 6.00. The lowest BCUT2D eigenvalue weighted by Crippen LogP contribution is -2.42. The van der Waals surface area contributed by atoms with E-state index in [-0.39, 0.29) is 17.4 Å². The largest absolute Gasteiger partial charge is 0.465 e. The maximum atomic E-state index is 12.9. The van der Waals surface area contributed by atoms with E-state index in [9.17, 15) is 9.59 Å². The van der Waals surface area contributed by atoms with Crippen LogP contribution in [0, 0.1) is 17.3 Å². The molecule has 0 unspecified atom stereocenters. The number of hydrogen-bond donors (Lipinski definition) is 1. The van der Waals surface area contributed by atoms with Crippen molar-refractivity contribution in [2.75, 3.05) is 25.5 Å². The van der Waals surface area contributed by atoms with Crippen molar-refractivity contribution in [2.24, 2.45) is 5.41 Å². The van der Waals surface area contributed by atoms with E-state index in [4.69, 9.17) is 4.74 Å². The molecule has 148 valence electrons. The van der Waals surface area contributed by atoms with Gasteiger partial charge in [0.1, 0.15) is 10.9 Å². The van der Waals surface area contributed by atoms with Crippen LogP contribution >= 0.6 is 11.3 Å². The summed E-state index contributed by atoms with van der Waals surface area (Å²) < 4.78 is 4.92. The maximum absolute atomic E-state index is 12.9. The summed E-state index contributed by atoms with van der Waals surface area (Å²) in [6.45, 7) is 9.78. The minimum atomic E-state index is -0.405. The summed E-state index contributed by atoms with van der Waals surface area (Å²) >= 11 is 1.30. The van der Waals surface area contributed by atoms with Gasteiger partial charge >= 0.3 is 5.97 Å². The number of carbonyl (C=O) groups is 2. The Labute approximate surface area is 166 Å². The monoisotopic (exact) mass is 390 g/mol. The second-order valence-electron chi connectivity index (χ2n) is 7.86. The summed E-state index contributed by atoms with van der Waals surface area (Å²) in [6, 6.07) is 1.54. The van der Waals surface area contributed by atoms with Crippen molar-refractivity contribution in [1.29, 1.82) is 0 Å². The number of esters is 1. The molecular formula is C21H30N2O3S. The SMILES string of the molecule is CCCN1CCCC[C@H](Nc2cc(C#CC(C)(C)C)sc2C(=O)OC)C1=O. The summed E-state index contributed by atoms with van der Waals surface area (Å²) in [5.74, 6) is 6.03. The molecule has 0 aromatic carbocycles. The quantitative estimate of drug-likeness (QED) is 0.606. The third-order valence-electron chi connectivity index (χ3n) is 4.27. The van der Waals surface area contributed by atoms with E-state index >= 15 is 0 Å². The average Bonchev–Trinajstić information content (AvgIpc) is 2.94. The Morgan fingerprint density at radius 1 is 1.41 bits per heavy atom. The number of thiophene rings is 1. The van der Waals surface area contributed by atoms with Crippen LogP contribution in [0.5, 0.6) is 0 Å². The standard InChI is InChI=1S/C21H30N2O3S/c1-6-12-23-13-8-7-9-16(19(23)24)22-17-14-15(10-11-21(2,3)4)27-18(17)20(25)26-5/h14,16,22H,6-9,12-13H2,1-5H3/t16-/m0/s1. The molecule has 1 aliphatic heterocycles. The summed E-state index contributed by atoms with van der Waals surface area (Å²) in [5.41, 5.74) is 0.516. The molecule has 1 fully saturated rings. The number of likely N-dealkylation sites (tertiary alicyclic amines) is 1. The lowest BCUT2D eigenvalue weighted by molar-refractivity contribution is -0.131. The lowest BCUT2D eigenvalue weighted by atomic mass is 9.98. The average molecular weight is 391 g/mol. The number of rotatable bonds is 5. The van der Waals surface area contributed by atoms with Gasteiger partial charge < -0.3 is 15.0 Å². The van der Waals surface area contributed by atoms with Gasteiger partial charge in [0.05, 0.1) is 17.7 Å². The first kappa shape index (κ1) is 21.3. The van der Waals surface area contributed by atoms with Gasteiger partial charge in [0.2, 0.25) is 5.91 Å². The molecule has 0 saturated carbocycles. The highest BCUT2D eigenvalue weighted by Gasteiger charge is 2.28. The Hall–Kier alpha value is -2.00. The van der Waals surface area contributed by atoms with Crippen molar-refractivity contribution in [2.45, 2.75) is 59.4 Å². The first-order chi connectivity index (χ1) is 12.7. The Kier molecular flexibility index (Phi) is 7.32. The van der Waals surface area contributed by atoms with Gasteiger partial charge in [0, 0.05) is 18.5 Å². The minimum Gasteiger partial charge on any atom is -0.465 e. The molecule has 2 rings (SSSR count). The number of nitrogens with one attached hydrogen (secondary N) is 1. The minimum absolute atomic E-state index is 0.110. The van der Waals surface area contributed by atoms with Gasteiger partial charge in [-0.1, -0.05) is 18.8 Å². The van der Waals surface area contributed by atoms with Crippen LogP contribution in [-0.2, 0) is 9.53 Å². The number of carbonyl (C=O) groups excluding carboxylic acids is 2. The number of hydrogen-bond acceptors (Lipinski definition) is 5. The Balaban J connectivity index is 2.29. The fourth-order valence-corrected chi connectivity index (χ4v) is 3.87. The van der Waals surface area contributed by atoms with Crippen molar-refractivity contribution in [1.82, 2.24) is 4.90 Å². The number of ether oxygens (including phenoxy) is 1. The van der Waals surface area contributed by atoms with Crippen LogP contribution in [0.4, 0.5) is 5.69 Å². The third-order valence-corrected chi connectivity index (χ3v) is 5.30. The molecule has 0 spiro atoms. The molecule has 0 bridgehead atoms. The van der Waals surface area contributed by atoms with Crippen molar-refractivity contribution in [3.8, 4) is 11.8 Å². The molecule has 1 aromatic rings. The Morgan fingerprint density at radius 3 is 2.78 bits per heavy atom. The second-order valence-corrected chi connectivity index (χ2v) is 8.92.